The van der Waals surface area contributed by atoms with Gasteiger partial charge in [0.2, 0.25) is 5.95 Å². The summed E-state index contributed by atoms with van der Waals surface area (Å²) in [6.07, 6.45) is 1.12. The quantitative estimate of drug-likeness (QED) is 0.630. The maximum absolute atomic E-state index is 13.0. The van der Waals surface area contributed by atoms with Crippen molar-refractivity contribution in [3.63, 3.8) is 0 Å². The SMILES string of the molecule is Nc1nc(N2CCN(C(=O)C3CCc4ccccc4O3)CC2)c2nc(Cl)ccc2n1. The Morgan fingerprint density at radius 2 is 1.87 bits per heavy atom. The van der Waals surface area contributed by atoms with Gasteiger partial charge in [0.1, 0.15) is 16.4 Å². The average molecular weight is 425 g/mol. The number of para-hydroxylation sites is 1. The van der Waals surface area contributed by atoms with Crippen LogP contribution in [0.25, 0.3) is 11.0 Å². The first kappa shape index (κ1) is 18.9. The molecular formula is C21H21ClN6O2. The van der Waals surface area contributed by atoms with E-state index in [1.165, 1.54) is 0 Å². The van der Waals surface area contributed by atoms with Crippen LogP contribution in [0.15, 0.2) is 36.4 Å². The number of rotatable bonds is 2. The summed E-state index contributed by atoms with van der Waals surface area (Å²) in [7, 11) is 0. The third kappa shape index (κ3) is 3.47. The number of halogens is 1. The largest absolute Gasteiger partial charge is 0.480 e. The zero-order chi connectivity index (χ0) is 20.7. The Balaban J connectivity index is 1.30. The summed E-state index contributed by atoms with van der Waals surface area (Å²) in [5.41, 5.74) is 8.31. The van der Waals surface area contributed by atoms with Crippen molar-refractivity contribution in [2.45, 2.75) is 18.9 Å². The van der Waals surface area contributed by atoms with Crippen LogP contribution in [0.3, 0.4) is 0 Å². The smallest absolute Gasteiger partial charge is 0.263 e. The van der Waals surface area contributed by atoms with Crippen molar-refractivity contribution < 1.29 is 9.53 Å². The third-order valence-corrected chi connectivity index (χ3v) is 5.80. The number of aryl methyl sites for hydroxylation is 1. The van der Waals surface area contributed by atoms with E-state index in [1.54, 1.807) is 12.1 Å². The van der Waals surface area contributed by atoms with E-state index in [9.17, 15) is 4.79 Å². The summed E-state index contributed by atoms with van der Waals surface area (Å²) in [6.45, 7) is 2.39. The summed E-state index contributed by atoms with van der Waals surface area (Å²) < 4.78 is 5.98. The molecule has 1 atom stereocenters. The van der Waals surface area contributed by atoms with E-state index in [4.69, 9.17) is 22.1 Å². The van der Waals surface area contributed by atoms with E-state index < -0.39 is 6.10 Å². The molecule has 154 valence electrons. The standard InChI is InChI=1S/C21H21ClN6O2/c22-17-8-6-14-18(25-17)19(26-21(23)24-14)27-9-11-28(12-10-27)20(29)16-7-5-13-3-1-2-4-15(13)30-16/h1-4,6,8,16H,5,7,9-12H2,(H2,23,24,26). The lowest BCUT2D eigenvalue weighted by molar-refractivity contribution is -0.139. The van der Waals surface area contributed by atoms with E-state index in [2.05, 4.69) is 19.9 Å². The molecule has 9 heteroatoms. The normalized spacial score (nSPS) is 18.8. The van der Waals surface area contributed by atoms with Gasteiger partial charge in [0.15, 0.2) is 11.9 Å². The lowest BCUT2D eigenvalue weighted by Crippen LogP contribution is -2.53. The Labute approximate surface area is 178 Å². The van der Waals surface area contributed by atoms with Gasteiger partial charge in [-0.05, 0) is 36.6 Å². The highest BCUT2D eigenvalue weighted by atomic mass is 35.5. The highest BCUT2D eigenvalue weighted by Crippen LogP contribution is 2.29. The monoisotopic (exact) mass is 424 g/mol. The Kier molecular flexibility index (Phi) is 4.78. The van der Waals surface area contributed by atoms with Crippen molar-refractivity contribution >= 4 is 40.3 Å². The lowest BCUT2D eigenvalue weighted by atomic mass is 10.0. The number of benzene rings is 1. The molecule has 3 aromatic rings. The minimum atomic E-state index is -0.428. The Morgan fingerprint density at radius 1 is 1.07 bits per heavy atom. The van der Waals surface area contributed by atoms with Crippen LogP contribution in [-0.4, -0.2) is 58.0 Å². The maximum Gasteiger partial charge on any atom is 0.263 e. The molecule has 0 aliphatic carbocycles. The van der Waals surface area contributed by atoms with Crippen LogP contribution in [0.5, 0.6) is 5.75 Å². The zero-order valence-electron chi connectivity index (χ0n) is 16.3. The molecule has 0 bridgehead atoms. The molecule has 1 fully saturated rings. The number of nitrogens with two attached hydrogens (primary N) is 1. The molecule has 0 radical (unpaired) electrons. The van der Waals surface area contributed by atoms with Crippen LogP contribution < -0.4 is 15.4 Å². The Morgan fingerprint density at radius 3 is 2.70 bits per heavy atom. The minimum Gasteiger partial charge on any atom is -0.480 e. The number of piperazine rings is 1. The average Bonchev–Trinajstić information content (AvgIpc) is 2.78. The van der Waals surface area contributed by atoms with Gasteiger partial charge in [-0.25, -0.2) is 9.97 Å². The molecule has 30 heavy (non-hydrogen) atoms. The molecule has 4 heterocycles. The zero-order valence-corrected chi connectivity index (χ0v) is 17.0. The van der Waals surface area contributed by atoms with E-state index in [-0.39, 0.29) is 11.9 Å². The van der Waals surface area contributed by atoms with Gasteiger partial charge in [-0.2, -0.15) is 4.98 Å². The number of aromatic nitrogens is 3. The number of amides is 1. The van der Waals surface area contributed by atoms with Crippen LogP contribution in [0, 0.1) is 0 Å². The second-order valence-corrected chi connectivity index (χ2v) is 7.86. The van der Waals surface area contributed by atoms with E-state index in [1.807, 2.05) is 29.2 Å². The molecule has 1 aromatic carbocycles. The Hall–Kier alpha value is -3.13. The molecule has 1 saturated heterocycles. The molecule has 0 saturated carbocycles. The van der Waals surface area contributed by atoms with Gasteiger partial charge in [0.05, 0.1) is 5.52 Å². The first-order valence-electron chi connectivity index (χ1n) is 9.96. The Bertz CT molecular complexity index is 1120. The first-order valence-corrected chi connectivity index (χ1v) is 10.3. The molecule has 1 unspecified atom stereocenters. The molecule has 5 rings (SSSR count). The van der Waals surface area contributed by atoms with E-state index >= 15 is 0 Å². The molecule has 2 aliphatic heterocycles. The fourth-order valence-corrected chi connectivity index (χ4v) is 4.20. The molecule has 2 N–H and O–H groups in total. The second-order valence-electron chi connectivity index (χ2n) is 7.47. The number of nitrogens with zero attached hydrogens (tertiary/aromatic N) is 5. The molecular weight excluding hydrogens is 404 g/mol. The number of carbonyl (C=O) groups excluding carboxylic acids is 1. The topological polar surface area (TPSA) is 97.5 Å². The highest BCUT2D eigenvalue weighted by molar-refractivity contribution is 6.29. The van der Waals surface area contributed by atoms with Gasteiger partial charge in [-0.3, -0.25) is 4.79 Å². The van der Waals surface area contributed by atoms with Crippen LogP contribution in [-0.2, 0) is 11.2 Å². The van der Waals surface area contributed by atoms with Crippen molar-refractivity contribution in [3.05, 3.63) is 47.1 Å². The lowest BCUT2D eigenvalue weighted by Gasteiger charge is -2.37. The number of anilines is 2. The van der Waals surface area contributed by atoms with Crippen LogP contribution in [0.2, 0.25) is 5.15 Å². The third-order valence-electron chi connectivity index (χ3n) is 5.59. The van der Waals surface area contributed by atoms with Crippen molar-refractivity contribution in [2.24, 2.45) is 0 Å². The second kappa shape index (κ2) is 7.60. The summed E-state index contributed by atoms with van der Waals surface area (Å²) >= 11 is 6.07. The van der Waals surface area contributed by atoms with Gasteiger partial charge >= 0.3 is 0 Å². The van der Waals surface area contributed by atoms with Crippen molar-refractivity contribution in [3.8, 4) is 5.75 Å². The van der Waals surface area contributed by atoms with Crippen molar-refractivity contribution in [1.29, 1.82) is 0 Å². The highest BCUT2D eigenvalue weighted by Gasteiger charge is 2.32. The van der Waals surface area contributed by atoms with Gasteiger partial charge in [0.25, 0.3) is 5.91 Å². The fraction of sp³-hybridized carbons (Fsp3) is 0.333. The van der Waals surface area contributed by atoms with Gasteiger partial charge < -0.3 is 20.3 Å². The first-order chi connectivity index (χ1) is 14.6. The van der Waals surface area contributed by atoms with Crippen LogP contribution in [0.1, 0.15) is 12.0 Å². The molecule has 2 aromatic heterocycles. The summed E-state index contributed by atoms with van der Waals surface area (Å²) in [5, 5.41) is 0.376. The predicted molar refractivity (Wildman–Crippen MR) is 115 cm³/mol. The molecule has 1 amide bonds. The number of hydrogen-bond donors (Lipinski definition) is 1. The number of nitrogen functional groups attached to an aromatic ring is 1. The van der Waals surface area contributed by atoms with Crippen molar-refractivity contribution in [2.75, 3.05) is 36.8 Å². The van der Waals surface area contributed by atoms with E-state index in [0.717, 1.165) is 17.7 Å². The van der Waals surface area contributed by atoms with Crippen LogP contribution in [0.4, 0.5) is 11.8 Å². The summed E-state index contributed by atoms with van der Waals surface area (Å²) in [4.78, 5) is 30.0. The minimum absolute atomic E-state index is 0.0392. The van der Waals surface area contributed by atoms with Crippen LogP contribution >= 0.6 is 11.6 Å². The number of ether oxygens (including phenoxy) is 1. The van der Waals surface area contributed by atoms with Crippen molar-refractivity contribution in [1.82, 2.24) is 19.9 Å². The predicted octanol–water partition coefficient (Wildman–Crippen LogP) is 2.30. The molecule has 2 aliphatic rings. The molecule has 0 spiro atoms. The van der Waals surface area contributed by atoms with Gasteiger partial charge in [-0.1, -0.05) is 29.8 Å². The summed E-state index contributed by atoms with van der Waals surface area (Å²) in [6, 6.07) is 11.4. The fourth-order valence-electron chi connectivity index (χ4n) is 4.05. The van der Waals surface area contributed by atoms with Gasteiger partial charge in [-0.15, -0.1) is 0 Å². The number of carbonyl (C=O) groups is 1. The number of hydrogen-bond acceptors (Lipinski definition) is 7. The summed E-state index contributed by atoms with van der Waals surface area (Å²) in [5.74, 6) is 1.69. The maximum atomic E-state index is 13.0. The number of pyridine rings is 1. The number of fused-ring (bicyclic) bond motifs is 2. The van der Waals surface area contributed by atoms with E-state index in [0.29, 0.717) is 54.6 Å². The van der Waals surface area contributed by atoms with Gasteiger partial charge in [0, 0.05) is 26.2 Å². The molecule has 8 nitrogen and oxygen atoms in total.